The first kappa shape index (κ1) is 11.7. The first-order valence-corrected chi connectivity index (χ1v) is 6.49. The largest absolute Gasteiger partial charge is 0.506 e. The quantitative estimate of drug-likeness (QED) is 0.769. The highest BCUT2D eigenvalue weighted by Gasteiger charge is 2.17. The lowest BCUT2D eigenvalue weighted by Crippen LogP contribution is -1.97. The molecule has 2 N–H and O–H groups in total. The molecule has 0 amide bonds. The summed E-state index contributed by atoms with van der Waals surface area (Å²) in [6.45, 7) is 0. The molecule has 0 aliphatic heterocycles. The molecule has 3 rings (SSSR count). The number of carboxylic acids is 1. The second-order valence-electron chi connectivity index (χ2n) is 4.08. The third-order valence-electron chi connectivity index (χ3n) is 2.81. The number of aromatic hydroxyl groups is 1. The maximum atomic E-state index is 11.2. The molecule has 0 unspecified atom stereocenters. The van der Waals surface area contributed by atoms with Gasteiger partial charge in [-0.25, -0.2) is 9.78 Å². The molecule has 0 radical (unpaired) electrons. The summed E-state index contributed by atoms with van der Waals surface area (Å²) in [5.41, 5.74) is 0.489. The summed E-state index contributed by atoms with van der Waals surface area (Å²) in [6.07, 6.45) is 2.02. The third-order valence-corrected chi connectivity index (χ3v) is 3.69. The maximum Gasteiger partial charge on any atom is 0.356 e. The molecule has 0 atom stereocenters. The SMILES string of the molecule is O=C(O)c1nc(Cc2cccs2)n2cc(O)ccc12. The fourth-order valence-corrected chi connectivity index (χ4v) is 2.69. The van der Waals surface area contributed by atoms with E-state index in [4.69, 9.17) is 5.11 Å². The molecular formula is C13H10N2O3S. The molecule has 0 spiro atoms. The summed E-state index contributed by atoms with van der Waals surface area (Å²) < 4.78 is 1.62. The molecular weight excluding hydrogens is 264 g/mol. The molecule has 0 aliphatic carbocycles. The number of pyridine rings is 1. The summed E-state index contributed by atoms with van der Waals surface area (Å²) in [5.74, 6) is -0.388. The van der Waals surface area contributed by atoms with Gasteiger partial charge in [0.25, 0.3) is 0 Å². The molecule has 3 aromatic heterocycles. The number of rotatable bonds is 3. The number of fused-ring (bicyclic) bond motifs is 1. The number of carbonyl (C=O) groups is 1. The molecule has 3 heterocycles. The number of thiophene rings is 1. The van der Waals surface area contributed by atoms with Gasteiger partial charge in [0.05, 0.1) is 11.7 Å². The van der Waals surface area contributed by atoms with Gasteiger partial charge in [0.1, 0.15) is 11.6 Å². The zero-order chi connectivity index (χ0) is 13.4. The minimum Gasteiger partial charge on any atom is -0.506 e. The Morgan fingerprint density at radius 3 is 2.89 bits per heavy atom. The van der Waals surface area contributed by atoms with Crippen molar-refractivity contribution in [2.24, 2.45) is 0 Å². The van der Waals surface area contributed by atoms with Crippen LogP contribution in [0.25, 0.3) is 5.52 Å². The monoisotopic (exact) mass is 274 g/mol. The highest BCUT2D eigenvalue weighted by atomic mass is 32.1. The van der Waals surface area contributed by atoms with Crippen LogP contribution in [0.3, 0.4) is 0 Å². The Hall–Kier alpha value is -2.34. The van der Waals surface area contributed by atoms with Gasteiger partial charge in [-0.2, -0.15) is 0 Å². The smallest absolute Gasteiger partial charge is 0.356 e. The topological polar surface area (TPSA) is 74.8 Å². The van der Waals surface area contributed by atoms with Gasteiger partial charge in [-0.15, -0.1) is 11.3 Å². The molecule has 0 saturated carbocycles. The Bertz CT molecular complexity index is 747. The second kappa shape index (κ2) is 4.40. The van der Waals surface area contributed by atoms with Gasteiger partial charge in [-0.1, -0.05) is 6.07 Å². The van der Waals surface area contributed by atoms with Gasteiger partial charge in [-0.05, 0) is 23.6 Å². The average Bonchev–Trinajstić information content (AvgIpc) is 2.98. The van der Waals surface area contributed by atoms with Crippen LogP contribution in [0.15, 0.2) is 35.8 Å². The van der Waals surface area contributed by atoms with E-state index in [1.807, 2.05) is 17.5 Å². The number of aromatic nitrogens is 2. The van der Waals surface area contributed by atoms with Crippen molar-refractivity contribution in [2.75, 3.05) is 0 Å². The lowest BCUT2D eigenvalue weighted by Gasteiger charge is -2.00. The van der Waals surface area contributed by atoms with E-state index in [1.165, 1.54) is 12.3 Å². The number of nitrogens with zero attached hydrogens (tertiary/aromatic N) is 2. The molecule has 6 heteroatoms. The fourth-order valence-electron chi connectivity index (χ4n) is 1.99. The predicted octanol–water partition coefficient (Wildman–Crippen LogP) is 2.39. The van der Waals surface area contributed by atoms with Crippen molar-refractivity contribution < 1.29 is 15.0 Å². The normalized spacial score (nSPS) is 10.9. The molecule has 0 aromatic carbocycles. The number of hydrogen-bond donors (Lipinski definition) is 2. The highest BCUT2D eigenvalue weighted by molar-refractivity contribution is 7.09. The molecule has 0 saturated heterocycles. The van der Waals surface area contributed by atoms with Gasteiger partial charge in [0.2, 0.25) is 0 Å². The van der Waals surface area contributed by atoms with Crippen LogP contribution in [0.2, 0.25) is 0 Å². The first-order valence-electron chi connectivity index (χ1n) is 5.61. The van der Waals surface area contributed by atoms with Crippen molar-refractivity contribution >= 4 is 22.8 Å². The van der Waals surface area contributed by atoms with Crippen molar-refractivity contribution in [2.45, 2.75) is 6.42 Å². The zero-order valence-corrected chi connectivity index (χ0v) is 10.6. The van der Waals surface area contributed by atoms with E-state index in [1.54, 1.807) is 21.8 Å². The minimum atomic E-state index is -1.07. The number of imidazole rings is 1. The summed E-state index contributed by atoms with van der Waals surface area (Å²) in [5, 5.41) is 20.7. The van der Waals surface area contributed by atoms with Gasteiger partial charge in [0, 0.05) is 11.3 Å². The van der Waals surface area contributed by atoms with E-state index in [0.717, 1.165) is 4.88 Å². The van der Waals surface area contributed by atoms with E-state index in [-0.39, 0.29) is 11.4 Å². The Labute approximate surface area is 112 Å². The molecule has 5 nitrogen and oxygen atoms in total. The molecule has 19 heavy (non-hydrogen) atoms. The number of carboxylic acid groups (broad SMARTS) is 1. The Morgan fingerprint density at radius 2 is 2.21 bits per heavy atom. The van der Waals surface area contributed by atoms with Crippen LogP contribution >= 0.6 is 11.3 Å². The second-order valence-corrected chi connectivity index (χ2v) is 5.11. The molecule has 96 valence electrons. The van der Waals surface area contributed by atoms with Crippen LogP contribution in [-0.4, -0.2) is 25.6 Å². The van der Waals surface area contributed by atoms with E-state index in [9.17, 15) is 9.90 Å². The first-order chi connectivity index (χ1) is 9.15. The fraction of sp³-hybridized carbons (Fsp3) is 0.0769. The summed E-state index contributed by atoms with van der Waals surface area (Å²) in [4.78, 5) is 16.4. The Morgan fingerprint density at radius 1 is 1.37 bits per heavy atom. The van der Waals surface area contributed by atoms with Gasteiger partial charge < -0.3 is 10.2 Å². The van der Waals surface area contributed by atoms with E-state index in [0.29, 0.717) is 17.8 Å². The van der Waals surface area contributed by atoms with Gasteiger partial charge in [-0.3, -0.25) is 4.40 Å². The van der Waals surface area contributed by atoms with Gasteiger partial charge >= 0.3 is 5.97 Å². The van der Waals surface area contributed by atoms with Crippen LogP contribution in [0.1, 0.15) is 21.2 Å². The lowest BCUT2D eigenvalue weighted by molar-refractivity contribution is 0.0693. The summed E-state index contributed by atoms with van der Waals surface area (Å²) in [6, 6.07) is 6.92. The van der Waals surface area contributed by atoms with Crippen molar-refractivity contribution in [3.05, 3.63) is 52.2 Å². The third kappa shape index (κ3) is 2.06. The lowest BCUT2D eigenvalue weighted by atomic mass is 10.3. The Kier molecular flexibility index (Phi) is 2.72. The zero-order valence-electron chi connectivity index (χ0n) is 9.78. The molecule has 0 fully saturated rings. The van der Waals surface area contributed by atoms with Crippen LogP contribution < -0.4 is 0 Å². The van der Waals surface area contributed by atoms with Crippen LogP contribution in [-0.2, 0) is 6.42 Å². The number of hydrogen-bond acceptors (Lipinski definition) is 4. The number of aromatic carboxylic acids is 1. The van der Waals surface area contributed by atoms with Crippen molar-refractivity contribution in [1.82, 2.24) is 9.38 Å². The predicted molar refractivity (Wildman–Crippen MR) is 70.9 cm³/mol. The van der Waals surface area contributed by atoms with E-state index in [2.05, 4.69) is 4.98 Å². The van der Waals surface area contributed by atoms with E-state index >= 15 is 0 Å². The van der Waals surface area contributed by atoms with Crippen LogP contribution in [0, 0.1) is 0 Å². The summed E-state index contributed by atoms with van der Waals surface area (Å²) in [7, 11) is 0. The average molecular weight is 274 g/mol. The maximum absolute atomic E-state index is 11.2. The van der Waals surface area contributed by atoms with Crippen molar-refractivity contribution in [3.63, 3.8) is 0 Å². The van der Waals surface area contributed by atoms with Crippen LogP contribution in [0.4, 0.5) is 0 Å². The minimum absolute atomic E-state index is 0.00607. The molecule has 0 aliphatic rings. The molecule has 3 aromatic rings. The highest BCUT2D eigenvalue weighted by Crippen LogP contribution is 2.21. The van der Waals surface area contributed by atoms with Crippen molar-refractivity contribution in [3.8, 4) is 5.75 Å². The van der Waals surface area contributed by atoms with Crippen LogP contribution in [0.5, 0.6) is 5.75 Å². The Balaban J connectivity index is 2.17. The standard InChI is InChI=1S/C13H10N2O3S/c16-8-3-4-10-12(13(17)18)14-11(15(10)7-8)6-9-2-1-5-19-9/h1-5,7,16H,6H2,(H,17,18). The van der Waals surface area contributed by atoms with Crippen molar-refractivity contribution in [1.29, 1.82) is 0 Å². The molecule has 0 bridgehead atoms. The van der Waals surface area contributed by atoms with E-state index < -0.39 is 5.97 Å². The summed E-state index contributed by atoms with van der Waals surface area (Å²) >= 11 is 1.58. The van der Waals surface area contributed by atoms with Gasteiger partial charge in [0.15, 0.2) is 5.69 Å².